The van der Waals surface area contributed by atoms with Gasteiger partial charge in [-0.2, -0.15) is 13.2 Å². The molecule has 0 aliphatic heterocycles. The molecule has 0 spiro atoms. The molecule has 2 rings (SSSR count). The summed E-state index contributed by atoms with van der Waals surface area (Å²) in [5.74, 6) is 0. The van der Waals surface area contributed by atoms with E-state index in [1.165, 1.54) is 19.1 Å². The number of alkyl halides is 3. The zero-order valence-electron chi connectivity index (χ0n) is 10.5. The highest BCUT2D eigenvalue weighted by molar-refractivity contribution is 5.36. The van der Waals surface area contributed by atoms with E-state index < -0.39 is 17.3 Å². The molecule has 0 unspecified atom stereocenters. The molecule has 100 valence electrons. The van der Waals surface area contributed by atoms with Gasteiger partial charge in [0.25, 0.3) is 0 Å². The van der Waals surface area contributed by atoms with E-state index in [0.717, 1.165) is 32.1 Å². The van der Waals surface area contributed by atoms with Gasteiger partial charge in [-0.25, -0.2) is 0 Å². The van der Waals surface area contributed by atoms with Gasteiger partial charge in [-0.3, -0.25) is 0 Å². The van der Waals surface area contributed by atoms with Gasteiger partial charge in [-0.15, -0.1) is 0 Å². The van der Waals surface area contributed by atoms with Gasteiger partial charge in [-0.1, -0.05) is 31.4 Å². The summed E-state index contributed by atoms with van der Waals surface area (Å²) in [5.41, 5.74) is 6.02. The number of rotatable bonds is 1. The van der Waals surface area contributed by atoms with E-state index >= 15 is 0 Å². The van der Waals surface area contributed by atoms with Crippen molar-refractivity contribution in [3.63, 3.8) is 0 Å². The Kier molecular flexibility index (Phi) is 3.41. The van der Waals surface area contributed by atoms with Gasteiger partial charge in [0.2, 0.25) is 0 Å². The standard InChI is InChI=1S/C14H18F3N/c1-10-5-6-11(9-12(10)14(15,16)17)13(18)7-3-2-4-8-13/h5-6,9H,2-4,7-8,18H2,1H3. The van der Waals surface area contributed by atoms with Crippen LogP contribution in [-0.2, 0) is 11.7 Å². The summed E-state index contributed by atoms with van der Waals surface area (Å²) < 4.78 is 38.6. The SMILES string of the molecule is Cc1ccc(C2(N)CCCCC2)cc1C(F)(F)F. The Morgan fingerprint density at radius 1 is 1.11 bits per heavy atom. The van der Waals surface area contributed by atoms with Crippen molar-refractivity contribution >= 4 is 0 Å². The van der Waals surface area contributed by atoms with Crippen LogP contribution < -0.4 is 5.73 Å². The summed E-state index contributed by atoms with van der Waals surface area (Å²) in [5, 5.41) is 0. The lowest BCUT2D eigenvalue weighted by molar-refractivity contribution is -0.138. The van der Waals surface area contributed by atoms with Gasteiger partial charge in [-0.05, 0) is 37.0 Å². The average Bonchev–Trinajstić information content (AvgIpc) is 2.28. The molecule has 1 aromatic rings. The third kappa shape index (κ3) is 2.53. The zero-order valence-corrected chi connectivity index (χ0v) is 10.5. The van der Waals surface area contributed by atoms with E-state index in [9.17, 15) is 13.2 Å². The average molecular weight is 257 g/mol. The summed E-state index contributed by atoms with van der Waals surface area (Å²) in [6, 6.07) is 4.51. The molecule has 18 heavy (non-hydrogen) atoms. The van der Waals surface area contributed by atoms with Crippen LogP contribution in [0.25, 0.3) is 0 Å². The van der Waals surface area contributed by atoms with Crippen LogP contribution in [0.2, 0.25) is 0 Å². The summed E-state index contributed by atoms with van der Waals surface area (Å²) in [6.45, 7) is 1.48. The Morgan fingerprint density at radius 2 is 1.72 bits per heavy atom. The maximum Gasteiger partial charge on any atom is 0.416 e. The van der Waals surface area contributed by atoms with Gasteiger partial charge in [0.15, 0.2) is 0 Å². The molecule has 1 aliphatic rings. The molecule has 1 nitrogen and oxygen atoms in total. The van der Waals surface area contributed by atoms with Crippen molar-refractivity contribution in [1.29, 1.82) is 0 Å². The molecule has 1 fully saturated rings. The number of hydrogen-bond donors (Lipinski definition) is 1. The third-order valence-electron chi connectivity index (χ3n) is 3.86. The molecular formula is C14H18F3N. The van der Waals surface area contributed by atoms with Crippen LogP contribution in [0.3, 0.4) is 0 Å². The minimum atomic E-state index is -4.30. The number of benzene rings is 1. The van der Waals surface area contributed by atoms with Crippen LogP contribution in [0.15, 0.2) is 18.2 Å². The van der Waals surface area contributed by atoms with Gasteiger partial charge in [0.1, 0.15) is 0 Å². The van der Waals surface area contributed by atoms with E-state index in [0.29, 0.717) is 5.56 Å². The van der Waals surface area contributed by atoms with Gasteiger partial charge in [0.05, 0.1) is 5.56 Å². The first-order chi connectivity index (χ1) is 8.33. The monoisotopic (exact) mass is 257 g/mol. The van der Waals surface area contributed by atoms with E-state index in [1.54, 1.807) is 6.07 Å². The Bertz CT molecular complexity index is 431. The minimum absolute atomic E-state index is 0.255. The van der Waals surface area contributed by atoms with E-state index in [4.69, 9.17) is 5.73 Å². The van der Waals surface area contributed by atoms with Crippen molar-refractivity contribution < 1.29 is 13.2 Å². The molecule has 0 bridgehead atoms. The van der Waals surface area contributed by atoms with Gasteiger partial charge >= 0.3 is 6.18 Å². The Labute approximate surface area is 105 Å². The summed E-state index contributed by atoms with van der Waals surface area (Å²) >= 11 is 0. The first-order valence-corrected chi connectivity index (χ1v) is 6.30. The molecule has 2 N–H and O–H groups in total. The van der Waals surface area contributed by atoms with Crippen molar-refractivity contribution in [2.24, 2.45) is 5.73 Å². The summed E-state index contributed by atoms with van der Waals surface area (Å²) in [6.07, 6.45) is 0.347. The van der Waals surface area contributed by atoms with Gasteiger partial charge < -0.3 is 5.73 Å². The Morgan fingerprint density at radius 3 is 2.28 bits per heavy atom. The van der Waals surface area contributed by atoms with Crippen LogP contribution in [-0.4, -0.2) is 0 Å². The van der Waals surface area contributed by atoms with Crippen molar-refractivity contribution in [2.45, 2.75) is 50.7 Å². The van der Waals surface area contributed by atoms with Crippen LogP contribution in [0.5, 0.6) is 0 Å². The van der Waals surface area contributed by atoms with Crippen LogP contribution >= 0.6 is 0 Å². The molecule has 1 saturated carbocycles. The zero-order chi connectivity index (χ0) is 13.4. The fourth-order valence-electron chi connectivity index (χ4n) is 2.71. The van der Waals surface area contributed by atoms with E-state index in [1.807, 2.05) is 0 Å². The lowest BCUT2D eigenvalue weighted by atomic mass is 9.77. The third-order valence-corrected chi connectivity index (χ3v) is 3.86. The topological polar surface area (TPSA) is 26.0 Å². The molecule has 4 heteroatoms. The molecule has 0 amide bonds. The smallest absolute Gasteiger partial charge is 0.321 e. The lowest BCUT2D eigenvalue weighted by Crippen LogP contribution is -2.38. The highest BCUT2D eigenvalue weighted by Gasteiger charge is 2.35. The van der Waals surface area contributed by atoms with Gasteiger partial charge in [0, 0.05) is 5.54 Å². The normalized spacial score (nSPS) is 19.8. The minimum Gasteiger partial charge on any atom is -0.321 e. The summed E-state index contributed by atoms with van der Waals surface area (Å²) in [4.78, 5) is 0. The van der Waals surface area contributed by atoms with E-state index in [-0.39, 0.29) is 5.56 Å². The maximum atomic E-state index is 12.9. The highest BCUT2D eigenvalue weighted by Crippen LogP contribution is 2.38. The van der Waals surface area contributed by atoms with Crippen molar-refractivity contribution in [3.05, 3.63) is 34.9 Å². The van der Waals surface area contributed by atoms with E-state index in [2.05, 4.69) is 0 Å². The number of halogens is 3. The maximum absolute atomic E-state index is 12.9. The first-order valence-electron chi connectivity index (χ1n) is 6.30. The quantitative estimate of drug-likeness (QED) is 0.804. The molecule has 1 aliphatic carbocycles. The first kappa shape index (κ1) is 13.4. The largest absolute Gasteiger partial charge is 0.416 e. The second-order valence-corrected chi connectivity index (χ2v) is 5.24. The predicted molar refractivity (Wildman–Crippen MR) is 65.1 cm³/mol. The molecule has 0 atom stereocenters. The highest BCUT2D eigenvalue weighted by atomic mass is 19.4. The van der Waals surface area contributed by atoms with Crippen LogP contribution in [0.4, 0.5) is 13.2 Å². The van der Waals surface area contributed by atoms with Crippen molar-refractivity contribution in [2.75, 3.05) is 0 Å². The lowest BCUT2D eigenvalue weighted by Gasteiger charge is -2.34. The number of nitrogens with two attached hydrogens (primary N) is 1. The van der Waals surface area contributed by atoms with Crippen molar-refractivity contribution in [3.8, 4) is 0 Å². The predicted octanol–water partition coefficient (Wildman–Crippen LogP) is 4.13. The fraction of sp³-hybridized carbons (Fsp3) is 0.571. The molecule has 1 aromatic carbocycles. The molecule has 0 heterocycles. The molecule has 0 saturated heterocycles. The van der Waals surface area contributed by atoms with Crippen molar-refractivity contribution in [1.82, 2.24) is 0 Å². The second-order valence-electron chi connectivity index (χ2n) is 5.24. The van der Waals surface area contributed by atoms with Crippen LogP contribution in [0.1, 0.15) is 48.8 Å². The fourth-order valence-corrected chi connectivity index (χ4v) is 2.71. The Hall–Kier alpha value is -1.03. The second kappa shape index (κ2) is 4.57. The molecule has 0 aromatic heterocycles. The number of aryl methyl sites for hydroxylation is 1. The summed E-state index contributed by atoms with van der Waals surface area (Å²) in [7, 11) is 0. The number of hydrogen-bond acceptors (Lipinski definition) is 1. The van der Waals surface area contributed by atoms with Crippen LogP contribution in [0, 0.1) is 6.92 Å². The molecular weight excluding hydrogens is 239 g/mol. The molecule has 0 radical (unpaired) electrons. The Balaban J connectivity index is 2.40.